The molecule has 0 saturated carbocycles. The Kier molecular flexibility index (Phi) is 843. The molecule has 0 spiro atoms. The Balaban J connectivity index is -0.0000000213. The van der Waals surface area contributed by atoms with Crippen LogP contribution < -0.4 is 0 Å². The summed E-state index contributed by atoms with van der Waals surface area (Å²) in [6.45, 7) is 0. The van der Waals surface area contributed by atoms with Crippen LogP contribution in [0.15, 0.2) is 0 Å². The molecule has 0 unspecified atom stereocenters. The molecule has 0 bridgehead atoms. The highest BCUT2D eigenvalue weighted by Crippen LogP contribution is 1.07. The first-order valence-electron chi connectivity index (χ1n) is 1.79. The summed E-state index contributed by atoms with van der Waals surface area (Å²) in [5.74, 6) is 0. The zero-order valence-corrected chi connectivity index (χ0v) is 5.58. The average Bonchev–Trinajstić information content (AvgIpc) is 1.92. The molecule has 0 aromatic heterocycles. The second-order valence-corrected chi connectivity index (χ2v) is 0.400. The van der Waals surface area contributed by atoms with Crippen molar-refractivity contribution >= 4 is 11.0 Å². The van der Waals surface area contributed by atoms with Crippen molar-refractivity contribution in [3.63, 3.8) is 0 Å². The standard InChI is InChI=1S/4CHNO.H4Si/c4*2-1-3;/h4*3H;1H4. The molecule has 0 fully saturated rings. The van der Waals surface area contributed by atoms with Crippen LogP contribution >= 0.6 is 0 Å². The first kappa shape index (κ1) is 31.6. The third-order valence-electron chi connectivity index (χ3n) is 0. The molecule has 0 atom stereocenters. The van der Waals surface area contributed by atoms with Gasteiger partial charge in [0.15, 0.2) is 0 Å². The average molecular weight is 204 g/mol. The first-order valence-corrected chi connectivity index (χ1v) is 1.79. The molecule has 72 valence electrons. The van der Waals surface area contributed by atoms with Crippen LogP contribution in [0.3, 0.4) is 0 Å². The van der Waals surface area contributed by atoms with Gasteiger partial charge in [-0.3, -0.25) is 0 Å². The van der Waals surface area contributed by atoms with Crippen LogP contribution in [0.2, 0.25) is 0 Å². The molecular weight excluding hydrogens is 196 g/mol. The van der Waals surface area contributed by atoms with Crippen molar-refractivity contribution in [3.05, 3.63) is 0 Å². The molecule has 4 N–H and O–H groups in total. The number of aliphatic hydroxyl groups is 4. The second-order valence-electron chi connectivity index (χ2n) is 0.400. The Labute approximate surface area is 78.4 Å². The van der Waals surface area contributed by atoms with Gasteiger partial charge < -0.3 is 20.4 Å². The maximum atomic E-state index is 6.88. The number of nitrogens with zero attached hydrogens (tertiary/aromatic N) is 4. The van der Waals surface area contributed by atoms with Crippen molar-refractivity contribution in [2.45, 2.75) is 0 Å². The molecular formula is C4H8N4O4Si. The number of rotatable bonds is 0. The summed E-state index contributed by atoms with van der Waals surface area (Å²) < 4.78 is 0. The van der Waals surface area contributed by atoms with Gasteiger partial charge in [-0.2, -0.15) is 21.0 Å². The molecule has 0 aliphatic rings. The van der Waals surface area contributed by atoms with Crippen molar-refractivity contribution in [2.75, 3.05) is 0 Å². The summed E-state index contributed by atoms with van der Waals surface area (Å²) >= 11 is 0. The van der Waals surface area contributed by atoms with E-state index in [-0.39, 0.29) is 11.0 Å². The van der Waals surface area contributed by atoms with Crippen LogP contribution in [-0.2, 0) is 0 Å². The molecule has 0 aromatic rings. The maximum absolute atomic E-state index is 6.88. The first-order chi connectivity index (χ1) is 5.66. The molecule has 0 heterocycles. The highest BCUT2D eigenvalue weighted by atomic mass is 28.1. The van der Waals surface area contributed by atoms with E-state index in [0.717, 1.165) is 25.0 Å². The van der Waals surface area contributed by atoms with Crippen molar-refractivity contribution in [1.29, 1.82) is 21.0 Å². The summed E-state index contributed by atoms with van der Waals surface area (Å²) in [5.41, 5.74) is 0. The molecule has 0 radical (unpaired) electrons. The van der Waals surface area contributed by atoms with Gasteiger partial charge in [0.1, 0.15) is 0 Å². The minimum atomic E-state index is 0. The maximum Gasteiger partial charge on any atom is 0.283 e. The van der Waals surface area contributed by atoms with Gasteiger partial charge in [-0.1, -0.05) is 0 Å². The van der Waals surface area contributed by atoms with Gasteiger partial charge in [0.25, 0.3) is 25.0 Å². The van der Waals surface area contributed by atoms with E-state index in [1.807, 2.05) is 0 Å². The molecule has 0 aliphatic heterocycles. The topological polar surface area (TPSA) is 176 Å². The quantitative estimate of drug-likeness (QED) is 0.256. The van der Waals surface area contributed by atoms with Gasteiger partial charge in [0, 0.05) is 0 Å². The lowest BCUT2D eigenvalue weighted by molar-refractivity contribution is 0.502. The van der Waals surface area contributed by atoms with Crippen molar-refractivity contribution < 1.29 is 20.4 Å². The molecule has 0 amide bonds. The normalized spacial score (nSPS) is 2.15. The fourth-order valence-corrected chi connectivity index (χ4v) is 0. The lowest BCUT2D eigenvalue weighted by Crippen LogP contribution is -1.27. The van der Waals surface area contributed by atoms with E-state index < -0.39 is 0 Å². The van der Waals surface area contributed by atoms with Gasteiger partial charge in [0.2, 0.25) is 0 Å². The van der Waals surface area contributed by atoms with Crippen LogP contribution in [0.5, 0.6) is 0 Å². The molecule has 0 aromatic carbocycles. The van der Waals surface area contributed by atoms with Crippen LogP contribution in [0.1, 0.15) is 0 Å². The highest BCUT2D eigenvalue weighted by Gasteiger charge is 1.17. The van der Waals surface area contributed by atoms with Gasteiger partial charge in [0.05, 0.1) is 0 Å². The van der Waals surface area contributed by atoms with Gasteiger partial charge >= 0.3 is 0 Å². The van der Waals surface area contributed by atoms with Crippen LogP contribution in [0.4, 0.5) is 0 Å². The SMILES string of the molecule is N#CO.N#CO.N#CO.N#CO.[SiH4]. The van der Waals surface area contributed by atoms with E-state index in [4.69, 9.17) is 41.5 Å². The Morgan fingerprint density at radius 2 is 0.538 bits per heavy atom. The van der Waals surface area contributed by atoms with E-state index in [2.05, 4.69) is 0 Å². The largest absolute Gasteiger partial charge is 0.443 e. The molecule has 0 aliphatic carbocycles. The predicted molar refractivity (Wildman–Crippen MR) is 41.5 cm³/mol. The number of hydrogen-bond acceptors (Lipinski definition) is 8. The zero-order valence-electron chi connectivity index (χ0n) is 5.58. The Hall–Kier alpha value is -2.62. The molecule has 0 rings (SSSR count). The summed E-state index contributed by atoms with van der Waals surface area (Å²) in [4.78, 5) is 0. The lowest BCUT2D eigenvalue weighted by Gasteiger charge is -1.25. The number of hydrogen-bond donors (Lipinski definition) is 4. The monoisotopic (exact) mass is 204 g/mol. The summed E-state index contributed by atoms with van der Waals surface area (Å²) in [7, 11) is 0. The van der Waals surface area contributed by atoms with Crippen molar-refractivity contribution in [2.24, 2.45) is 0 Å². The smallest absolute Gasteiger partial charge is 0.283 e. The van der Waals surface area contributed by atoms with Gasteiger partial charge in [-0.05, 0) is 11.0 Å². The Morgan fingerprint density at radius 1 is 0.538 bits per heavy atom. The minimum absolute atomic E-state index is 0. The Morgan fingerprint density at radius 3 is 0.538 bits per heavy atom. The molecule has 0 saturated heterocycles. The zero-order chi connectivity index (χ0) is 10.8. The van der Waals surface area contributed by atoms with Crippen LogP contribution in [0, 0.1) is 46.1 Å². The summed E-state index contributed by atoms with van der Waals surface area (Å²) in [6, 6.07) is 0. The fourth-order valence-electron chi connectivity index (χ4n) is 0. The van der Waals surface area contributed by atoms with Crippen molar-refractivity contribution in [3.8, 4) is 25.0 Å². The van der Waals surface area contributed by atoms with Crippen LogP contribution in [-0.4, -0.2) is 31.4 Å². The third kappa shape index (κ3) is 74.2. The number of nitriles is 4. The van der Waals surface area contributed by atoms with E-state index >= 15 is 0 Å². The van der Waals surface area contributed by atoms with Gasteiger partial charge in [-0.15, -0.1) is 0 Å². The van der Waals surface area contributed by atoms with E-state index in [9.17, 15) is 0 Å². The van der Waals surface area contributed by atoms with E-state index in [0.29, 0.717) is 0 Å². The second kappa shape index (κ2) is 347. The van der Waals surface area contributed by atoms with Crippen molar-refractivity contribution in [1.82, 2.24) is 0 Å². The summed E-state index contributed by atoms with van der Waals surface area (Å²) in [6.07, 6.45) is 3.00. The van der Waals surface area contributed by atoms with E-state index in [1.165, 1.54) is 0 Å². The van der Waals surface area contributed by atoms with Crippen LogP contribution in [0.25, 0.3) is 0 Å². The molecule has 9 heteroatoms. The van der Waals surface area contributed by atoms with E-state index in [1.54, 1.807) is 0 Å². The lowest BCUT2D eigenvalue weighted by atomic mass is 11.6. The predicted octanol–water partition coefficient (Wildman–Crippen LogP) is -2.09. The molecule has 8 nitrogen and oxygen atoms in total. The third-order valence-corrected chi connectivity index (χ3v) is 0. The van der Waals surface area contributed by atoms with Gasteiger partial charge in [-0.25, -0.2) is 0 Å². The summed E-state index contributed by atoms with van der Waals surface area (Å²) in [5, 5.41) is 55.0. The minimum Gasteiger partial charge on any atom is -0.443 e. The fraction of sp³-hybridized carbons (Fsp3) is 0. The highest BCUT2D eigenvalue weighted by molar-refractivity contribution is 5.75. The molecule has 13 heavy (non-hydrogen) atoms. The Bertz CT molecular complexity index is 158. The number of aliphatic hydroxyl groups excluding tert-OH is 4.